The zero-order valence-corrected chi connectivity index (χ0v) is 12.2. The molecule has 8 heteroatoms. The van der Waals surface area contributed by atoms with Gasteiger partial charge < -0.3 is 24.6 Å². The minimum absolute atomic E-state index is 0.0909. The summed E-state index contributed by atoms with van der Waals surface area (Å²) >= 11 is 0. The SMILES string of the molecule is COC(=O)/C=C(/Nc1ccc(C(=O)OC)cc1O)C(=O)OC. The first kappa shape index (κ1) is 17.0. The van der Waals surface area contributed by atoms with Crippen molar-refractivity contribution in [3.63, 3.8) is 0 Å². The average Bonchev–Trinajstić information content (AvgIpc) is 2.53. The summed E-state index contributed by atoms with van der Waals surface area (Å²) in [6, 6.07) is 3.87. The molecule has 2 N–H and O–H groups in total. The molecule has 0 bridgehead atoms. The van der Waals surface area contributed by atoms with Gasteiger partial charge in [0.2, 0.25) is 0 Å². The summed E-state index contributed by atoms with van der Waals surface area (Å²) in [5.41, 5.74) is -0.0224. The van der Waals surface area contributed by atoms with Crippen molar-refractivity contribution in [2.75, 3.05) is 26.6 Å². The molecular formula is C14H15NO7. The number of esters is 3. The van der Waals surface area contributed by atoms with Gasteiger partial charge in [-0.3, -0.25) is 0 Å². The third-order valence-corrected chi connectivity index (χ3v) is 2.56. The molecule has 0 spiro atoms. The van der Waals surface area contributed by atoms with E-state index in [2.05, 4.69) is 19.5 Å². The van der Waals surface area contributed by atoms with Gasteiger partial charge in [-0.2, -0.15) is 0 Å². The first-order valence-corrected chi connectivity index (χ1v) is 5.99. The number of carbonyl (C=O) groups is 3. The molecule has 0 fully saturated rings. The van der Waals surface area contributed by atoms with Crippen molar-refractivity contribution in [2.24, 2.45) is 0 Å². The van der Waals surface area contributed by atoms with Crippen molar-refractivity contribution in [3.05, 3.63) is 35.5 Å². The van der Waals surface area contributed by atoms with E-state index in [0.717, 1.165) is 26.4 Å². The van der Waals surface area contributed by atoms with Crippen molar-refractivity contribution in [1.29, 1.82) is 0 Å². The largest absolute Gasteiger partial charge is 0.506 e. The summed E-state index contributed by atoms with van der Waals surface area (Å²) in [5, 5.41) is 12.4. The fraction of sp³-hybridized carbons (Fsp3) is 0.214. The summed E-state index contributed by atoms with van der Waals surface area (Å²) in [6.45, 7) is 0. The standard InChI is InChI=1S/C14H15NO7/c1-20-12(17)7-10(14(19)22-3)15-9-5-4-8(6-11(9)16)13(18)21-2/h4-7,15-16H,1-3H3/b10-7+. The number of benzene rings is 1. The van der Waals surface area contributed by atoms with Crippen molar-refractivity contribution in [2.45, 2.75) is 0 Å². The van der Waals surface area contributed by atoms with E-state index in [1.54, 1.807) is 0 Å². The molecule has 0 atom stereocenters. The monoisotopic (exact) mass is 309 g/mol. The fourth-order valence-electron chi connectivity index (χ4n) is 1.46. The van der Waals surface area contributed by atoms with E-state index >= 15 is 0 Å². The van der Waals surface area contributed by atoms with E-state index in [1.807, 2.05) is 0 Å². The Labute approximate surface area is 126 Å². The van der Waals surface area contributed by atoms with E-state index in [-0.39, 0.29) is 22.7 Å². The normalized spacial score (nSPS) is 10.6. The lowest BCUT2D eigenvalue weighted by molar-refractivity contribution is -0.138. The molecule has 0 aromatic heterocycles. The molecule has 1 aromatic rings. The highest BCUT2D eigenvalue weighted by molar-refractivity contribution is 5.99. The molecule has 0 unspecified atom stereocenters. The lowest BCUT2D eigenvalue weighted by atomic mass is 10.2. The second-order valence-corrected chi connectivity index (χ2v) is 3.92. The zero-order valence-electron chi connectivity index (χ0n) is 12.2. The summed E-state index contributed by atoms with van der Waals surface area (Å²) in [5.74, 6) is -2.55. The molecule has 0 aliphatic rings. The van der Waals surface area contributed by atoms with E-state index in [4.69, 9.17) is 0 Å². The van der Waals surface area contributed by atoms with Crippen LogP contribution in [0.25, 0.3) is 0 Å². The van der Waals surface area contributed by atoms with Crippen molar-refractivity contribution in [3.8, 4) is 5.75 Å². The molecule has 0 radical (unpaired) electrons. The Hall–Kier alpha value is -3.03. The van der Waals surface area contributed by atoms with Crippen LogP contribution in [0, 0.1) is 0 Å². The Bertz CT molecular complexity index is 622. The Morgan fingerprint density at radius 2 is 1.77 bits per heavy atom. The first-order chi connectivity index (χ1) is 10.4. The highest BCUT2D eigenvalue weighted by atomic mass is 16.5. The van der Waals surface area contributed by atoms with Gasteiger partial charge in [-0.15, -0.1) is 0 Å². The number of hydrogen-bond acceptors (Lipinski definition) is 8. The van der Waals surface area contributed by atoms with Crippen LogP contribution < -0.4 is 5.32 Å². The highest BCUT2D eigenvalue weighted by Gasteiger charge is 2.16. The first-order valence-electron chi connectivity index (χ1n) is 5.99. The maximum Gasteiger partial charge on any atom is 0.354 e. The minimum Gasteiger partial charge on any atom is -0.506 e. The van der Waals surface area contributed by atoms with Gasteiger partial charge in [0.25, 0.3) is 0 Å². The van der Waals surface area contributed by atoms with Gasteiger partial charge in [0, 0.05) is 0 Å². The molecule has 0 aliphatic heterocycles. The number of carbonyl (C=O) groups excluding carboxylic acids is 3. The molecule has 1 aromatic carbocycles. The van der Waals surface area contributed by atoms with Crippen LogP contribution in [0.5, 0.6) is 5.75 Å². The quantitative estimate of drug-likeness (QED) is 0.356. The van der Waals surface area contributed by atoms with Crippen LogP contribution >= 0.6 is 0 Å². The fourth-order valence-corrected chi connectivity index (χ4v) is 1.46. The maximum absolute atomic E-state index is 11.6. The van der Waals surface area contributed by atoms with Crippen molar-refractivity contribution < 1.29 is 33.7 Å². The molecule has 8 nitrogen and oxygen atoms in total. The molecule has 0 aliphatic carbocycles. The Morgan fingerprint density at radius 1 is 1.09 bits per heavy atom. The van der Waals surface area contributed by atoms with Crippen LogP contribution in [0.2, 0.25) is 0 Å². The van der Waals surface area contributed by atoms with Crippen LogP contribution in [-0.4, -0.2) is 44.3 Å². The van der Waals surface area contributed by atoms with Crippen molar-refractivity contribution >= 4 is 23.6 Å². The molecule has 1 rings (SSSR count). The molecule has 0 saturated heterocycles. The van der Waals surface area contributed by atoms with Crippen LogP contribution in [0.1, 0.15) is 10.4 Å². The number of rotatable bonds is 5. The van der Waals surface area contributed by atoms with E-state index in [1.165, 1.54) is 19.2 Å². The summed E-state index contributed by atoms with van der Waals surface area (Å²) in [4.78, 5) is 34.2. The van der Waals surface area contributed by atoms with Crippen LogP contribution in [-0.2, 0) is 23.8 Å². The van der Waals surface area contributed by atoms with Gasteiger partial charge in [0.15, 0.2) is 0 Å². The predicted octanol–water partition coefficient (Wildman–Crippen LogP) is 0.821. The van der Waals surface area contributed by atoms with Gasteiger partial charge in [0.1, 0.15) is 11.4 Å². The second kappa shape index (κ2) is 7.67. The van der Waals surface area contributed by atoms with Crippen molar-refractivity contribution in [1.82, 2.24) is 0 Å². The van der Waals surface area contributed by atoms with E-state index in [9.17, 15) is 19.5 Å². The molecule has 118 valence electrons. The molecule has 0 saturated carbocycles. The summed E-state index contributed by atoms with van der Waals surface area (Å²) in [7, 11) is 3.49. The van der Waals surface area contributed by atoms with Gasteiger partial charge in [0.05, 0.1) is 38.7 Å². The highest BCUT2D eigenvalue weighted by Crippen LogP contribution is 2.26. The topological polar surface area (TPSA) is 111 Å². The number of aromatic hydroxyl groups is 1. The Balaban J connectivity index is 3.09. The maximum atomic E-state index is 11.6. The number of methoxy groups -OCH3 is 3. The zero-order chi connectivity index (χ0) is 16.7. The van der Waals surface area contributed by atoms with E-state index in [0.29, 0.717) is 0 Å². The van der Waals surface area contributed by atoms with Gasteiger partial charge in [-0.25, -0.2) is 14.4 Å². The average molecular weight is 309 g/mol. The number of phenolic OH excluding ortho intramolecular Hbond substituents is 1. The molecule has 0 amide bonds. The van der Waals surface area contributed by atoms with Gasteiger partial charge >= 0.3 is 17.9 Å². The predicted molar refractivity (Wildman–Crippen MR) is 75.2 cm³/mol. The minimum atomic E-state index is -0.832. The Kier molecular flexibility index (Phi) is 5.94. The van der Waals surface area contributed by atoms with Crippen LogP contribution in [0.4, 0.5) is 5.69 Å². The third kappa shape index (κ3) is 4.23. The second-order valence-electron chi connectivity index (χ2n) is 3.92. The van der Waals surface area contributed by atoms with Gasteiger partial charge in [-0.05, 0) is 18.2 Å². The van der Waals surface area contributed by atoms with Gasteiger partial charge in [-0.1, -0.05) is 0 Å². The van der Waals surface area contributed by atoms with E-state index < -0.39 is 17.9 Å². The molecule has 22 heavy (non-hydrogen) atoms. The number of anilines is 1. The summed E-state index contributed by atoms with van der Waals surface area (Å²) < 4.78 is 13.5. The number of nitrogens with one attached hydrogen (secondary N) is 1. The third-order valence-electron chi connectivity index (χ3n) is 2.56. The lowest BCUT2D eigenvalue weighted by Crippen LogP contribution is -2.15. The van der Waals surface area contributed by atoms with Crippen LogP contribution in [0.3, 0.4) is 0 Å². The number of phenols is 1. The molecule has 0 heterocycles. The molecular weight excluding hydrogens is 294 g/mol. The summed E-state index contributed by atoms with van der Waals surface area (Å²) in [6.07, 6.45) is 0.874. The number of hydrogen-bond donors (Lipinski definition) is 2. The smallest absolute Gasteiger partial charge is 0.354 e. The number of ether oxygens (including phenoxy) is 3. The lowest BCUT2D eigenvalue weighted by Gasteiger charge is -2.11. The Morgan fingerprint density at radius 3 is 2.27 bits per heavy atom. The van der Waals surface area contributed by atoms with Crippen LogP contribution in [0.15, 0.2) is 30.0 Å².